The largest absolute Gasteiger partial charge is 0.489 e. The Labute approximate surface area is 186 Å². The molecule has 8 heteroatoms. The molecule has 4 heterocycles. The third-order valence-electron chi connectivity index (χ3n) is 5.92. The molecule has 0 N–H and O–H groups in total. The van der Waals surface area contributed by atoms with Gasteiger partial charge in [0.15, 0.2) is 11.3 Å². The maximum Gasteiger partial charge on any atom is 0.197 e. The van der Waals surface area contributed by atoms with Crippen molar-refractivity contribution in [2.75, 3.05) is 26.4 Å². The van der Waals surface area contributed by atoms with Crippen LogP contribution in [0.1, 0.15) is 16.7 Å². The first-order chi connectivity index (χ1) is 15.6. The third kappa shape index (κ3) is 4.16. The summed E-state index contributed by atoms with van der Waals surface area (Å²) in [4.78, 5) is 12.7. The van der Waals surface area contributed by atoms with Crippen LogP contribution in [0.25, 0.3) is 11.3 Å². The van der Waals surface area contributed by atoms with Crippen molar-refractivity contribution < 1.29 is 18.9 Å². The zero-order chi connectivity index (χ0) is 22.1. The van der Waals surface area contributed by atoms with Crippen LogP contribution in [0.5, 0.6) is 11.6 Å². The summed E-state index contributed by atoms with van der Waals surface area (Å²) in [5.41, 5.74) is 4.83. The fourth-order valence-electron chi connectivity index (χ4n) is 4.27. The van der Waals surface area contributed by atoms with Gasteiger partial charge in [0.1, 0.15) is 25.1 Å². The summed E-state index contributed by atoms with van der Waals surface area (Å²) < 4.78 is 27.0. The van der Waals surface area contributed by atoms with Crippen molar-refractivity contribution in [3.05, 3.63) is 63.6 Å². The number of ether oxygens (including phenoxy) is 4. The lowest BCUT2D eigenvalue weighted by atomic mass is 9.94. The minimum atomic E-state index is -0.119. The molecule has 168 valence electrons. The van der Waals surface area contributed by atoms with Gasteiger partial charge in [-0.2, -0.15) is 5.10 Å². The Morgan fingerprint density at radius 3 is 2.91 bits per heavy atom. The number of hydrogen-bond acceptors (Lipinski definition) is 6. The summed E-state index contributed by atoms with van der Waals surface area (Å²) in [7, 11) is 1.89. The van der Waals surface area contributed by atoms with Gasteiger partial charge in [-0.15, -0.1) is 0 Å². The SMILES string of the molecule is Cc1c2n(c(OC[C@@H]3COCCO3)cc1=O)CCc1cc(OCc3cnn(C)c3)ccc1-2. The first-order valence-corrected chi connectivity index (χ1v) is 10.9. The smallest absolute Gasteiger partial charge is 0.197 e. The molecule has 0 amide bonds. The lowest BCUT2D eigenvalue weighted by Crippen LogP contribution is -2.34. The Hall–Kier alpha value is -3.10. The number of aromatic nitrogens is 3. The highest BCUT2D eigenvalue weighted by molar-refractivity contribution is 5.70. The van der Waals surface area contributed by atoms with E-state index in [1.54, 1.807) is 16.9 Å². The molecule has 0 bridgehead atoms. The Balaban J connectivity index is 1.39. The minimum Gasteiger partial charge on any atom is -0.489 e. The molecule has 0 aliphatic carbocycles. The molecule has 2 aliphatic rings. The fraction of sp³-hybridized carbons (Fsp3) is 0.417. The highest BCUT2D eigenvalue weighted by Gasteiger charge is 2.23. The number of rotatable bonds is 6. The number of benzene rings is 1. The van der Waals surface area contributed by atoms with Gasteiger partial charge >= 0.3 is 0 Å². The fourth-order valence-corrected chi connectivity index (χ4v) is 4.27. The second kappa shape index (κ2) is 8.80. The van der Waals surface area contributed by atoms with Crippen molar-refractivity contribution >= 4 is 0 Å². The second-order valence-corrected chi connectivity index (χ2v) is 8.23. The standard InChI is InChI=1S/C24H27N3O5/c1-16-22(28)10-23(32-15-20-14-29-7-8-30-20)27-6-5-18-9-19(3-4-21(18)24(16)27)31-13-17-11-25-26(2)12-17/h3-4,9-12,20H,5-8,13-15H2,1-2H3/t20-/m0/s1. The second-order valence-electron chi connectivity index (χ2n) is 8.23. The summed E-state index contributed by atoms with van der Waals surface area (Å²) in [6, 6.07) is 7.64. The lowest BCUT2D eigenvalue weighted by Gasteiger charge is -2.28. The lowest BCUT2D eigenvalue weighted by molar-refractivity contribution is -0.102. The molecule has 1 fully saturated rings. The average Bonchev–Trinajstić information content (AvgIpc) is 3.24. The molecule has 1 aromatic carbocycles. The summed E-state index contributed by atoms with van der Waals surface area (Å²) in [5, 5.41) is 4.17. The molecule has 32 heavy (non-hydrogen) atoms. The van der Waals surface area contributed by atoms with Crippen molar-refractivity contribution in [2.24, 2.45) is 7.05 Å². The summed E-state index contributed by atoms with van der Waals surface area (Å²) in [6.07, 6.45) is 4.45. The highest BCUT2D eigenvalue weighted by atomic mass is 16.6. The Morgan fingerprint density at radius 2 is 2.12 bits per heavy atom. The van der Waals surface area contributed by atoms with Crippen LogP contribution in [0.15, 0.2) is 41.5 Å². The van der Waals surface area contributed by atoms with Crippen molar-refractivity contribution in [1.29, 1.82) is 0 Å². The molecular formula is C24H27N3O5. The summed E-state index contributed by atoms with van der Waals surface area (Å²) in [5.74, 6) is 1.38. The van der Waals surface area contributed by atoms with Gasteiger partial charge in [0, 0.05) is 42.5 Å². The van der Waals surface area contributed by atoms with E-state index in [-0.39, 0.29) is 11.5 Å². The topological polar surface area (TPSA) is 76.7 Å². The zero-order valence-electron chi connectivity index (χ0n) is 18.4. The predicted molar refractivity (Wildman–Crippen MR) is 118 cm³/mol. The van der Waals surface area contributed by atoms with E-state index in [1.807, 2.05) is 32.3 Å². The van der Waals surface area contributed by atoms with E-state index in [9.17, 15) is 4.79 Å². The van der Waals surface area contributed by atoms with E-state index in [2.05, 4.69) is 15.7 Å². The maximum absolute atomic E-state index is 12.7. The molecule has 1 atom stereocenters. The summed E-state index contributed by atoms with van der Waals surface area (Å²) >= 11 is 0. The molecule has 0 spiro atoms. The Morgan fingerprint density at radius 1 is 1.22 bits per heavy atom. The Kier molecular flexibility index (Phi) is 5.71. The van der Waals surface area contributed by atoms with Crippen molar-refractivity contribution in [3.8, 4) is 22.9 Å². The van der Waals surface area contributed by atoms with E-state index in [1.165, 1.54) is 0 Å². The van der Waals surface area contributed by atoms with E-state index in [0.29, 0.717) is 38.9 Å². The summed E-state index contributed by atoms with van der Waals surface area (Å²) in [6.45, 7) is 5.11. The van der Waals surface area contributed by atoms with Crippen LogP contribution in [0, 0.1) is 6.92 Å². The first-order valence-electron chi connectivity index (χ1n) is 10.9. The van der Waals surface area contributed by atoms with Gasteiger partial charge in [-0.25, -0.2) is 0 Å². The first kappa shape index (κ1) is 20.8. The maximum atomic E-state index is 12.7. The van der Waals surface area contributed by atoms with Crippen LogP contribution >= 0.6 is 0 Å². The molecule has 8 nitrogen and oxygen atoms in total. The number of aryl methyl sites for hydroxylation is 2. The monoisotopic (exact) mass is 437 g/mol. The van der Waals surface area contributed by atoms with Crippen LogP contribution in [0.4, 0.5) is 0 Å². The average molecular weight is 437 g/mol. The van der Waals surface area contributed by atoms with Gasteiger partial charge in [0.25, 0.3) is 0 Å². The Bertz CT molecular complexity index is 1180. The number of pyridine rings is 1. The van der Waals surface area contributed by atoms with Crippen LogP contribution in [-0.2, 0) is 36.1 Å². The third-order valence-corrected chi connectivity index (χ3v) is 5.92. The van der Waals surface area contributed by atoms with Gasteiger partial charge in [-0.1, -0.05) is 0 Å². The molecule has 0 saturated carbocycles. The van der Waals surface area contributed by atoms with E-state index >= 15 is 0 Å². The van der Waals surface area contributed by atoms with Crippen molar-refractivity contribution in [2.45, 2.75) is 32.6 Å². The van der Waals surface area contributed by atoms with Crippen molar-refractivity contribution in [1.82, 2.24) is 14.3 Å². The van der Waals surface area contributed by atoms with Crippen LogP contribution in [0.2, 0.25) is 0 Å². The van der Waals surface area contributed by atoms with Gasteiger partial charge in [0.05, 0.1) is 31.7 Å². The van der Waals surface area contributed by atoms with Gasteiger partial charge in [-0.05, 0) is 37.1 Å². The number of nitrogens with zero attached hydrogens (tertiary/aromatic N) is 3. The molecule has 3 aromatic rings. The molecule has 2 aliphatic heterocycles. The van der Waals surface area contributed by atoms with E-state index in [4.69, 9.17) is 18.9 Å². The highest BCUT2D eigenvalue weighted by Crippen LogP contribution is 2.35. The van der Waals surface area contributed by atoms with Crippen LogP contribution < -0.4 is 14.9 Å². The zero-order valence-corrected chi connectivity index (χ0v) is 18.4. The molecular weight excluding hydrogens is 410 g/mol. The van der Waals surface area contributed by atoms with Gasteiger partial charge in [-0.3, -0.25) is 9.48 Å². The van der Waals surface area contributed by atoms with Gasteiger partial charge < -0.3 is 23.5 Å². The molecule has 5 rings (SSSR count). The van der Waals surface area contributed by atoms with E-state index < -0.39 is 0 Å². The van der Waals surface area contributed by atoms with Crippen LogP contribution in [-0.4, -0.2) is 46.9 Å². The molecule has 0 unspecified atom stereocenters. The molecule has 0 radical (unpaired) electrons. The van der Waals surface area contributed by atoms with Gasteiger partial charge in [0.2, 0.25) is 0 Å². The van der Waals surface area contributed by atoms with E-state index in [0.717, 1.165) is 46.7 Å². The number of fused-ring (bicyclic) bond motifs is 3. The number of hydrogen-bond donors (Lipinski definition) is 0. The minimum absolute atomic E-state index is 0.0307. The quantitative estimate of drug-likeness (QED) is 0.590. The van der Waals surface area contributed by atoms with Crippen molar-refractivity contribution in [3.63, 3.8) is 0 Å². The van der Waals surface area contributed by atoms with Crippen LogP contribution in [0.3, 0.4) is 0 Å². The molecule has 1 saturated heterocycles. The molecule has 2 aromatic heterocycles. The normalized spacial score (nSPS) is 17.5. The predicted octanol–water partition coefficient (Wildman–Crippen LogP) is 2.49.